The summed E-state index contributed by atoms with van der Waals surface area (Å²) in [6, 6.07) is 8.71. The molecule has 1 unspecified atom stereocenters. The largest absolute Gasteiger partial charge is 0.497 e. The molecule has 0 aliphatic carbocycles. The average Bonchev–Trinajstić information content (AvgIpc) is 2.79. The summed E-state index contributed by atoms with van der Waals surface area (Å²) < 4.78 is 15.9. The summed E-state index contributed by atoms with van der Waals surface area (Å²) in [5.41, 5.74) is 1.30. The Hall–Kier alpha value is -1.10. The van der Waals surface area contributed by atoms with Crippen LogP contribution in [0.2, 0.25) is 0 Å². The fourth-order valence-corrected chi connectivity index (χ4v) is 3.63. The number of piperidine rings is 1. The minimum Gasteiger partial charge on any atom is -0.497 e. The van der Waals surface area contributed by atoms with E-state index >= 15 is 0 Å². The van der Waals surface area contributed by atoms with E-state index < -0.39 is 0 Å². The first-order valence-electron chi connectivity index (χ1n) is 11.2. The molecule has 1 saturated heterocycles. The van der Waals surface area contributed by atoms with E-state index in [0.717, 1.165) is 57.5 Å². The zero-order valence-corrected chi connectivity index (χ0v) is 21.7. The highest BCUT2D eigenvalue weighted by Gasteiger charge is 2.22. The predicted molar refractivity (Wildman–Crippen MR) is 138 cm³/mol. The fourth-order valence-electron chi connectivity index (χ4n) is 3.63. The maximum absolute atomic E-state index is 5.53. The van der Waals surface area contributed by atoms with Crippen LogP contribution in [0.1, 0.15) is 44.2 Å². The molecule has 0 aromatic heterocycles. The molecule has 1 aromatic rings. The molecule has 0 bridgehead atoms. The summed E-state index contributed by atoms with van der Waals surface area (Å²) in [6.45, 7) is 8.76. The first kappa shape index (κ1) is 27.9. The molecule has 1 fully saturated rings. The summed E-state index contributed by atoms with van der Waals surface area (Å²) in [4.78, 5) is 7.49. The first-order chi connectivity index (χ1) is 14.8. The lowest BCUT2D eigenvalue weighted by molar-refractivity contribution is 0.0698. The topological polar surface area (TPSA) is 67.4 Å². The number of halogens is 1. The van der Waals surface area contributed by atoms with Gasteiger partial charge in [0.25, 0.3) is 0 Å². The van der Waals surface area contributed by atoms with Crippen molar-refractivity contribution in [2.45, 2.75) is 38.6 Å². The molecule has 2 rings (SSSR count). The Kier molecular flexibility index (Phi) is 15.7. The molecule has 1 aliphatic rings. The van der Waals surface area contributed by atoms with Crippen LogP contribution in [0.4, 0.5) is 0 Å². The molecular weight excluding hydrogens is 507 g/mol. The second kappa shape index (κ2) is 17.5. The molecule has 7 nitrogen and oxygen atoms in total. The first-order valence-corrected chi connectivity index (χ1v) is 11.2. The molecule has 1 aromatic carbocycles. The number of hydrogen-bond donors (Lipinski definition) is 2. The van der Waals surface area contributed by atoms with Crippen molar-refractivity contribution in [2.75, 3.05) is 66.8 Å². The van der Waals surface area contributed by atoms with Crippen LogP contribution in [-0.2, 0) is 9.47 Å². The fraction of sp³-hybridized carbons (Fsp3) is 0.696. The Bertz CT molecular complexity index is 595. The predicted octanol–water partition coefficient (Wildman–Crippen LogP) is 3.45. The summed E-state index contributed by atoms with van der Waals surface area (Å²) in [5, 5.41) is 6.79. The van der Waals surface area contributed by atoms with Crippen LogP contribution in [0.25, 0.3) is 0 Å². The van der Waals surface area contributed by atoms with Crippen LogP contribution in [-0.4, -0.2) is 77.6 Å². The van der Waals surface area contributed by atoms with Gasteiger partial charge in [-0.3, -0.25) is 9.89 Å². The summed E-state index contributed by atoms with van der Waals surface area (Å²) in [5.74, 6) is 1.76. The number of methoxy groups -OCH3 is 2. The van der Waals surface area contributed by atoms with Crippen LogP contribution >= 0.6 is 24.0 Å². The minimum atomic E-state index is 0. The third-order valence-corrected chi connectivity index (χ3v) is 5.29. The van der Waals surface area contributed by atoms with E-state index in [2.05, 4.69) is 34.6 Å². The number of guanidine groups is 1. The quantitative estimate of drug-likeness (QED) is 0.171. The summed E-state index contributed by atoms with van der Waals surface area (Å²) in [7, 11) is 3.39. The number of nitrogens with one attached hydrogen (secondary N) is 2. The van der Waals surface area contributed by atoms with Gasteiger partial charge in [-0.15, -0.1) is 24.0 Å². The lowest BCUT2D eigenvalue weighted by Gasteiger charge is -2.34. The minimum absolute atomic E-state index is 0. The standard InChI is InChI=1S/C23H40N4O3.HI/c1-4-24-23(25-13-8-16-30-18-17-28-2)26-19-22(27-14-6-5-7-15-27)20-9-11-21(29-3)12-10-20;/h9-12,22H,4-8,13-19H2,1-3H3,(H2,24,25,26);1H. The Morgan fingerprint density at radius 2 is 1.77 bits per heavy atom. The molecule has 1 atom stereocenters. The maximum Gasteiger partial charge on any atom is 0.191 e. The molecule has 8 heteroatoms. The summed E-state index contributed by atoms with van der Waals surface area (Å²) in [6.07, 6.45) is 4.78. The number of hydrogen-bond acceptors (Lipinski definition) is 5. The number of benzene rings is 1. The third-order valence-electron chi connectivity index (χ3n) is 5.29. The van der Waals surface area contributed by atoms with Crippen molar-refractivity contribution < 1.29 is 14.2 Å². The van der Waals surface area contributed by atoms with Crippen molar-refractivity contribution in [1.29, 1.82) is 0 Å². The van der Waals surface area contributed by atoms with Crippen molar-refractivity contribution >= 4 is 29.9 Å². The third kappa shape index (κ3) is 10.9. The highest BCUT2D eigenvalue weighted by molar-refractivity contribution is 14.0. The van der Waals surface area contributed by atoms with E-state index in [0.29, 0.717) is 13.2 Å². The molecular formula is C23H41IN4O3. The SMILES string of the molecule is CCNC(=NCC(c1ccc(OC)cc1)N1CCCCC1)NCCCOCCOC.I. The van der Waals surface area contributed by atoms with Gasteiger partial charge in [-0.1, -0.05) is 18.6 Å². The normalized spacial score (nSPS) is 15.8. The molecule has 0 spiro atoms. The van der Waals surface area contributed by atoms with Crippen molar-refractivity contribution in [2.24, 2.45) is 4.99 Å². The Balaban J connectivity index is 0.00000480. The smallest absolute Gasteiger partial charge is 0.191 e. The lowest BCUT2D eigenvalue weighted by Crippen LogP contribution is -2.40. The van der Waals surface area contributed by atoms with Crippen LogP contribution in [0, 0.1) is 0 Å². The Labute approximate surface area is 205 Å². The second-order valence-corrected chi connectivity index (χ2v) is 7.49. The number of likely N-dealkylation sites (tertiary alicyclic amines) is 1. The van der Waals surface area contributed by atoms with E-state index in [-0.39, 0.29) is 30.0 Å². The van der Waals surface area contributed by atoms with Crippen LogP contribution in [0.15, 0.2) is 29.3 Å². The molecule has 0 radical (unpaired) electrons. The Morgan fingerprint density at radius 3 is 2.42 bits per heavy atom. The summed E-state index contributed by atoms with van der Waals surface area (Å²) >= 11 is 0. The molecule has 31 heavy (non-hydrogen) atoms. The van der Waals surface area contributed by atoms with Crippen molar-refractivity contribution in [3.05, 3.63) is 29.8 Å². The van der Waals surface area contributed by atoms with E-state index in [9.17, 15) is 0 Å². The van der Waals surface area contributed by atoms with Gasteiger partial charge in [-0.05, 0) is 57.0 Å². The highest BCUT2D eigenvalue weighted by atomic mass is 127. The van der Waals surface area contributed by atoms with Crippen LogP contribution in [0.5, 0.6) is 5.75 Å². The highest BCUT2D eigenvalue weighted by Crippen LogP contribution is 2.26. The van der Waals surface area contributed by atoms with E-state index in [1.54, 1.807) is 14.2 Å². The molecule has 1 aliphatic heterocycles. The number of ether oxygens (including phenoxy) is 3. The molecule has 0 amide bonds. The van der Waals surface area contributed by atoms with Crippen LogP contribution < -0.4 is 15.4 Å². The number of rotatable bonds is 13. The lowest BCUT2D eigenvalue weighted by atomic mass is 10.0. The van der Waals surface area contributed by atoms with Crippen molar-refractivity contribution in [3.8, 4) is 5.75 Å². The number of aliphatic imine (C=N–C) groups is 1. The zero-order valence-electron chi connectivity index (χ0n) is 19.4. The zero-order chi connectivity index (χ0) is 21.4. The van der Waals surface area contributed by atoms with Gasteiger partial charge >= 0.3 is 0 Å². The number of nitrogens with zero attached hydrogens (tertiary/aromatic N) is 2. The molecule has 2 N–H and O–H groups in total. The molecule has 0 saturated carbocycles. The van der Waals surface area contributed by atoms with Gasteiger partial charge in [0.15, 0.2) is 5.96 Å². The maximum atomic E-state index is 5.53. The second-order valence-electron chi connectivity index (χ2n) is 7.49. The van der Waals surface area contributed by atoms with Gasteiger partial charge in [-0.2, -0.15) is 0 Å². The van der Waals surface area contributed by atoms with Gasteiger partial charge in [0, 0.05) is 26.8 Å². The van der Waals surface area contributed by atoms with Gasteiger partial charge < -0.3 is 24.8 Å². The average molecular weight is 549 g/mol. The van der Waals surface area contributed by atoms with Gasteiger partial charge in [0.1, 0.15) is 5.75 Å². The monoisotopic (exact) mass is 548 g/mol. The van der Waals surface area contributed by atoms with E-state index in [4.69, 9.17) is 19.2 Å². The van der Waals surface area contributed by atoms with Crippen molar-refractivity contribution in [1.82, 2.24) is 15.5 Å². The van der Waals surface area contributed by atoms with Gasteiger partial charge in [0.2, 0.25) is 0 Å². The Morgan fingerprint density at radius 1 is 1.03 bits per heavy atom. The van der Waals surface area contributed by atoms with Gasteiger partial charge in [-0.25, -0.2) is 0 Å². The van der Waals surface area contributed by atoms with E-state index in [1.807, 2.05) is 12.1 Å². The van der Waals surface area contributed by atoms with E-state index in [1.165, 1.54) is 24.8 Å². The molecule has 1 heterocycles. The van der Waals surface area contributed by atoms with Gasteiger partial charge in [0.05, 0.1) is 32.9 Å². The molecule has 178 valence electrons. The van der Waals surface area contributed by atoms with Crippen LogP contribution in [0.3, 0.4) is 0 Å². The van der Waals surface area contributed by atoms with Crippen molar-refractivity contribution in [3.63, 3.8) is 0 Å².